The average molecular weight is 169 g/mol. The van der Waals surface area contributed by atoms with E-state index in [0.717, 1.165) is 11.8 Å². The number of hydrogen-bond acceptors (Lipinski definition) is 1. The molecule has 0 bridgehead atoms. The summed E-state index contributed by atoms with van der Waals surface area (Å²) in [7, 11) is 0. The lowest BCUT2D eigenvalue weighted by atomic mass is 9.74. The lowest BCUT2D eigenvalue weighted by Gasteiger charge is -2.33. The molecule has 0 heterocycles. The quantitative estimate of drug-likeness (QED) is 0.676. The van der Waals surface area contributed by atoms with Gasteiger partial charge in [-0.3, -0.25) is 0 Å². The number of rotatable bonds is 2. The average Bonchev–Trinajstić information content (AvgIpc) is 2.03. The Bertz CT molecular complexity index is 131. The molecule has 1 rings (SSSR count). The zero-order valence-electron chi connectivity index (χ0n) is 8.72. The predicted molar refractivity (Wildman–Crippen MR) is 53.9 cm³/mol. The fraction of sp³-hybridized carbons (Fsp3) is 1.00. The maximum atomic E-state index is 5.91. The molecule has 12 heavy (non-hydrogen) atoms. The zero-order chi connectivity index (χ0) is 9.14. The first-order valence-electron chi connectivity index (χ1n) is 5.37. The van der Waals surface area contributed by atoms with Gasteiger partial charge in [-0.25, -0.2) is 0 Å². The Labute approximate surface area is 76.7 Å². The summed E-state index contributed by atoms with van der Waals surface area (Å²) in [5, 5.41) is 0. The topological polar surface area (TPSA) is 26.0 Å². The maximum absolute atomic E-state index is 5.91. The van der Waals surface area contributed by atoms with E-state index < -0.39 is 0 Å². The Morgan fingerprint density at radius 2 is 1.92 bits per heavy atom. The van der Waals surface area contributed by atoms with E-state index in [2.05, 4.69) is 20.8 Å². The Morgan fingerprint density at radius 3 is 2.42 bits per heavy atom. The van der Waals surface area contributed by atoms with Crippen molar-refractivity contribution in [3.8, 4) is 0 Å². The van der Waals surface area contributed by atoms with E-state index in [9.17, 15) is 0 Å². The SMILES string of the molecule is CC1CCCC(C(C)C(C)N)C1. The van der Waals surface area contributed by atoms with Crippen LogP contribution in [0.15, 0.2) is 0 Å². The minimum Gasteiger partial charge on any atom is -0.328 e. The van der Waals surface area contributed by atoms with Crippen molar-refractivity contribution in [3.05, 3.63) is 0 Å². The van der Waals surface area contributed by atoms with Crippen molar-refractivity contribution >= 4 is 0 Å². The van der Waals surface area contributed by atoms with Gasteiger partial charge in [-0.15, -0.1) is 0 Å². The predicted octanol–water partition coefficient (Wildman–Crippen LogP) is 2.80. The second kappa shape index (κ2) is 4.27. The van der Waals surface area contributed by atoms with E-state index in [1.54, 1.807) is 0 Å². The van der Waals surface area contributed by atoms with E-state index in [1.165, 1.54) is 25.7 Å². The highest BCUT2D eigenvalue weighted by Gasteiger charge is 2.25. The van der Waals surface area contributed by atoms with Crippen LogP contribution in [-0.4, -0.2) is 6.04 Å². The van der Waals surface area contributed by atoms with Crippen LogP contribution in [0.5, 0.6) is 0 Å². The molecule has 1 saturated carbocycles. The van der Waals surface area contributed by atoms with Gasteiger partial charge >= 0.3 is 0 Å². The third kappa shape index (κ3) is 2.48. The molecule has 2 N–H and O–H groups in total. The minimum absolute atomic E-state index is 0.375. The van der Waals surface area contributed by atoms with E-state index in [-0.39, 0.29) is 0 Å². The molecule has 72 valence electrons. The van der Waals surface area contributed by atoms with Crippen LogP contribution < -0.4 is 5.73 Å². The van der Waals surface area contributed by atoms with E-state index in [4.69, 9.17) is 5.73 Å². The summed E-state index contributed by atoms with van der Waals surface area (Å²) >= 11 is 0. The fourth-order valence-corrected chi connectivity index (χ4v) is 2.39. The van der Waals surface area contributed by atoms with Crippen molar-refractivity contribution in [2.24, 2.45) is 23.5 Å². The van der Waals surface area contributed by atoms with Crippen LogP contribution in [0.1, 0.15) is 46.5 Å². The van der Waals surface area contributed by atoms with Gasteiger partial charge in [-0.05, 0) is 31.1 Å². The van der Waals surface area contributed by atoms with Crippen LogP contribution in [0.3, 0.4) is 0 Å². The Balaban J connectivity index is 2.40. The molecule has 0 aromatic carbocycles. The summed E-state index contributed by atoms with van der Waals surface area (Å²) in [6.07, 6.45) is 5.67. The van der Waals surface area contributed by atoms with Crippen LogP contribution in [0.4, 0.5) is 0 Å². The normalized spacial score (nSPS) is 36.0. The highest BCUT2D eigenvalue weighted by molar-refractivity contribution is 4.78. The Hall–Kier alpha value is -0.0400. The highest BCUT2D eigenvalue weighted by atomic mass is 14.6. The molecule has 4 atom stereocenters. The first-order chi connectivity index (χ1) is 5.61. The summed E-state index contributed by atoms with van der Waals surface area (Å²) < 4.78 is 0. The summed E-state index contributed by atoms with van der Waals surface area (Å²) in [5.74, 6) is 2.55. The van der Waals surface area contributed by atoms with Crippen LogP contribution in [0, 0.1) is 17.8 Å². The van der Waals surface area contributed by atoms with E-state index in [1.807, 2.05) is 0 Å². The van der Waals surface area contributed by atoms with Gasteiger partial charge in [0, 0.05) is 6.04 Å². The molecule has 1 heteroatoms. The van der Waals surface area contributed by atoms with E-state index >= 15 is 0 Å². The van der Waals surface area contributed by atoms with Gasteiger partial charge in [0.15, 0.2) is 0 Å². The van der Waals surface area contributed by atoms with Gasteiger partial charge in [0.1, 0.15) is 0 Å². The molecule has 1 aliphatic carbocycles. The molecule has 0 aromatic rings. The van der Waals surface area contributed by atoms with Gasteiger partial charge in [0.05, 0.1) is 0 Å². The molecule has 4 unspecified atom stereocenters. The summed E-state index contributed by atoms with van der Waals surface area (Å²) in [4.78, 5) is 0. The van der Waals surface area contributed by atoms with Gasteiger partial charge < -0.3 is 5.73 Å². The van der Waals surface area contributed by atoms with Crippen molar-refractivity contribution < 1.29 is 0 Å². The highest BCUT2D eigenvalue weighted by Crippen LogP contribution is 2.34. The second-order valence-electron chi connectivity index (χ2n) is 4.75. The van der Waals surface area contributed by atoms with Crippen LogP contribution >= 0.6 is 0 Å². The fourth-order valence-electron chi connectivity index (χ4n) is 2.39. The van der Waals surface area contributed by atoms with Crippen LogP contribution in [-0.2, 0) is 0 Å². The van der Waals surface area contributed by atoms with Crippen molar-refractivity contribution in [3.63, 3.8) is 0 Å². The summed E-state index contributed by atoms with van der Waals surface area (Å²) in [5.41, 5.74) is 5.91. The lowest BCUT2D eigenvalue weighted by molar-refractivity contribution is 0.198. The Kier molecular flexibility index (Phi) is 3.57. The standard InChI is InChI=1S/C11H23N/c1-8-5-4-6-11(7-8)9(2)10(3)12/h8-11H,4-7,12H2,1-3H3. The zero-order valence-corrected chi connectivity index (χ0v) is 8.72. The molecule has 0 spiro atoms. The molecule has 1 fully saturated rings. The van der Waals surface area contributed by atoms with Crippen molar-refractivity contribution in [2.45, 2.75) is 52.5 Å². The molecule has 0 radical (unpaired) electrons. The first-order valence-corrected chi connectivity index (χ1v) is 5.37. The number of hydrogen-bond donors (Lipinski definition) is 1. The molecule has 0 saturated heterocycles. The molecule has 1 aliphatic rings. The third-order valence-corrected chi connectivity index (χ3v) is 3.55. The number of nitrogens with two attached hydrogens (primary N) is 1. The molecule has 1 nitrogen and oxygen atoms in total. The van der Waals surface area contributed by atoms with Crippen LogP contribution in [0.2, 0.25) is 0 Å². The summed E-state index contributed by atoms with van der Waals surface area (Å²) in [6, 6.07) is 0.375. The molecule has 0 aliphatic heterocycles. The molecule has 0 amide bonds. The van der Waals surface area contributed by atoms with Gasteiger partial charge in [-0.2, -0.15) is 0 Å². The van der Waals surface area contributed by atoms with Crippen molar-refractivity contribution in [2.75, 3.05) is 0 Å². The van der Waals surface area contributed by atoms with Gasteiger partial charge in [-0.1, -0.05) is 33.1 Å². The second-order valence-corrected chi connectivity index (χ2v) is 4.75. The lowest BCUT2D eigenvalue weighted by Crippen LogP contribution is -2.32. The minimum atomic E-state index is 0.375. The van der Waals surface area contributed by atoms with Gasteiger partial charge in [0.2, 0.25) is 0 Å². The third-order valence-electron chi connectivity index (χ3n) is 3.55. The molecular formula is C11H23N. The van der Waals surface area contributed by atoms with E-state index in [0.29, 0.717) is 12.0 Å². The van der Waals surface area contributed by atoms with Crippen molar-refractivity contribution in [1.29, 1.82) is 0 Å². The first kappa shape index (κ1) is 10.0. The largest absolute Gasteiger partial charge is 0.328 e. The maximum Gasteiger partial charge on any atom is 0.00387 e. The molecular weight excluding hydrogens is 146 g/mol. The van der Waals surface area contributed by atoms with Crippen molar-refractivity contribution in [1.82, 2.24) is 0 Å². The summed E-state index contributed by atoms with van der Waals surface area (Å²) in [6.45, 7) is 6.83. The molecule has 0 aromatic heterocycles. The van der Waals surface area contributed by atoms with Gasteiger partial charge in [0.25, 0.3) is 0 Å². The van der Waals surface area contributed by atoms with Crippen LogP contribution in [0.25, 0.3) is 0 Å². The Morgan fingerprint density at radius 1 is 1.25 bits per heavy atom. The monoisotopic (exact) mass is 169 g/mol. The smallest absolute Gasteiger partial charge is 0.00387 e.